The number of benzene rings is 1. The summed E-state index contributed by atoms with van der Waals surface area (Å²) in [6.45, 7) is 0.273. The Hall–Kier alpha value is -2.65. The first kappa shape index (κ1) is 16.7. The van der Waals surface area contributed by atoms with E-state index in [-0.39, 0.29) is 24.8 Å². The molecule has 0 aliphatic carbocycles. The Bertz CT molecular complexity index is 678. The van der Waals surface area contributed by atoms with E-state index in [1.54, 1.807) is 12.1 Å². The molecule has 6 heteroatoms. The fourth-order valence-electron chi connectivity index (χ4n) is 2.06. The number of hydrogen-bond donors (Lipinski definition) is 2. The summed E-state index contributed by atoms with van der Waals surface area (Å²) in [5.74, 6) is -0.551. The monoisotopic (exact) mass is 327 g/mol. The van der Waals surface area contributed by atoms with Gasteiger partial charge in [-0.25, -0.2) is 0 Å². The topological polar surface area (TPSA) is 82.0 Å². The molecule has 1 aromatic carbocycles. The largest absolute Gasteiger partial charge is 0.353 e. The molecule has 1 atom stereocenters. The fourth-order valence-corrected chi connectivity index (χ4v) is 2.69. The van der Waals surface area contributed by atoms with E-state index in [1.165, 1.54) is 11.3 Å². The molecule has 0 radical (unpaired) electrons. The van der Waals surface area contributed by atoms with E-state index < -0.39 is 6.04 Å². The Morgan fingerprint density at radius 2 is 1.96 bits per heavy atom. The molecule has 2 aromatic rings. The summed E-state index contributed by atoms with van der Waals surface area (Å²) >= 11 is 1.33. The number of carbonyl (C=O) groups is 2. The van der Waals surface area contributed by atoms with E-state index in [0.717, 1.165) is 5.56 Å². The second-order valence-electron chi connectivity index (χ2n) is 4.89. The summed E-state index contributed by atoms with van der Waals surface area (Å²) in [6.07, 6.45) is 0.638. The van der Waals surface area contributed by atoms with E-state index in [9.17, 15) is 9.59 Å². The highest BCUT2D eigenvalue weighted by atomic mass is 32.1. The first-order valence-corrected chi connectivity index (χ1v) is 8.11. The third kappa shape index (κ3) is 5.24. The number of rotatable bonds is 7. The molecule has 0 bridgehead atoms. The average Bonchev–Trinajstić information content (AvgIpc) is 3.10. The molecule has 118 valence electrons. The van der Waals surface area contributed by atoms with E-state index in [4.69, 9.17) is 5.26 Å². The van der Waals surface area contributed by atoms with Crippen LogP contribution in [0.2, 0.25) is 0 Å². The molecule has 5 nitrogen and oxygen atoms in total. The van der Waals surface area contributed by atoms with Crippen molar-refractivity contribution in [3.05, 3.63) is 58.3 Å². The van der Waals surface area contributed by atoms with Gasteiger partial charge in [0.15, 0.2) is 0 Å². The lowest BCUT2D eigenvalue weighted by Crippen LogP contribution is -2.48. The normalized spacial score (nSPS) is 11.3. The van der Waals surface area contributed by atoms with Crippen LogP contribution in [-0.2, 0) is 11.2 Å². The van der Waals surface area contributed by atoms with E-state index in [0.29, 0.717) is 11.3 Å². The molecule has 1 heterocycles. The predicted molar refractivity (Wildman–Crippen MR) is 89.0 cm³/mol. The van der Waals surface area contributed by atoms with Crippen molar-refractivity contribution in [1.29, 1.82) is 5.26 Å². The van der Waals surface area contributed by atoms with Crippen LogP contribution in [0.1, 0.15) is 21.7 Å². The molecular weight excluding hydrogens is 310 g/mol. The van der Waals surface area contributed by atoms with Crippen LogP contribution in [0, 0.1) is 11.3 Å². The van der Waals surface area contributed by atoms with Crippen molar-refractivity contribution in [3.63, 3.8) is 0 Å². The zero-order chi connectivity index (χ0) is 16.5. The van der Waals surface area contributed by atoms with Crippen LogP contribution in [-0.4, -0.2) is 24.4 Å². The molecule has 0 saturated carbocycles. The van der Waals surface area contributed by atoms with Gasteiger partial charge in [-0.05, 0) is 17.0 Å². The number of nitrogens with zero attached hydrogens (tertiary/aromatic N) is 1. The number of carbonyl (C=O) groups excluding carboxylic acids is 2. The highest BCUT2D eigenvalue weighted by Gasteiger charge is 2.21. The standard InChI is InChI=1S/C17H17N3O2S/c18-9-5-10-19-16(21)14(12-13-6-2-1-3-7-13)20-17(22)15-8-4-11-23-15/h1-4,6-8,11,14H,5,10,12H2,(H,19,21)(H,20,22). The molecule has 1 aromatic heterocycles. The number of amides is 2. The number of nitriles is 1. The van der Waals surface area contributed by atoms with Crippen molar-refractivity contribution in [2.75, 3.05) is 6.54 Å². The highest BCUT2D eigenvalue weighted by Crippen LogP contribution is 2.10. The van der Waals surface area contributed by atoms with Crippen LogP contribution >= 0.6 is 11.3 Å². The van der Waals surface area contributed by atoms with Gasteiger partial charge in [-0.2, -0.15) is 5.26 Å². The maximum atomic E-state index is 12.3. The molecule has 2 N–H and O–H groups in total. The zero-order valence-corrected chi connectivity index (χ0v) is 13.3. The van der Waals surface area contributed by atoms with Crippen LogP contribution in [0.5, 0.6) is 0 Å². The first-order chi connectivity index (χ1) is 11.2. The van der Waals surface area contributed by atoms with Crippen LogP contribution in [0.15, 0.2) is 47.8 Å². The lowest BCUT2D eigenvalue weighted by Gasteiger charge is -2.18. The van der Waals surface area contributed by atoms with Gasteiger partial charge in [-0.1, -0.05) is 36.4 Å². The number of thiophene rings is 1. The summed E-state index contributed by atoms with van der Waals surface area (Å²) in [7, 11) is 0. The summed E-state index contributed by atoms with van der Waals surface area (Å²) < 4.78 is 0. The van der Waals surface area contributed by atoms with Crippen LogP contribution < -0.4 is 10.6 Å². The Balaban J connectivity index is 2.05. The Labute approximate surface area is 138 Å². The molecule has 0 spiro atoms. The molecule has 0 fully saturated rings. The number of nitrogens with one attached hydrogen (secondary N) is 2. The van der Waals surface area contributed by atoms with E-state index in [2.05, 4.69) is 10.6 Å². The highest BCUT2D eigenvalue weighted by molar-refractivity contribution is 7.12. The van der Waals surface area contributed by atoms with Gasteiger partial charge in [0.1, 0.15) is 6.04 Å². The Morgan fingerprint density at radius 3 is 2.61 bits per heavy atom. The minimum atomic E-state index is -0.675. The third-order valence-electron chi connectivity index (χ3n) is 3.19. The molecular formula is C17H17N3O2S. The maximum absolute atomic E-state index is 12.3. The van der Waals surface area contributed by atoms with Crippen LogP contribution in [0.25, 0.3) is 0 Å². The third-order valence-corrected chi connectivity index (χ3v) is 4.05. The minimum Gasteiger partial charge on any atom is -0.353 e. The van der Waals surface area contributed by atoms with Crippen molar-refractivity contribution in [1.82, 2.24) is 10.6 Å². The van der Waals surface area contributed by atoms with Gasteiger partial charge >= 0.3 is 0 Å². The van der Waals surface area contributed by atoms with Crippen molar-refractivity contribution in [3.8, 4) is 6.07 Å². The van der Waals surface area contributed by atoms with Crippen molar-refractivity contribution in [2.24, 2.45) is 0 Å². The summed E-state index contributed by atoms with van der Waals surface area (Å²) in [6, 6.07) is 14.3. The van der Waals surface area contributed by atoms with Gasteiger partial charge in [-0.3, -0.25) is 9.59 Å². The Morgan fingerprint density at radius 1 is 1.17 bits per heavy atom. The van der Waals surface area contributed by atoms with Gasteiger partial charge in [0.2, 0.25) is 5.91 Å². The van der Waals surface area contributed by atoms with E-state index >= 15 is 0 Å². The Kier molecular flexibility index (Phi) is 6.33. The lowest BCUT2D eigenvalue weighted by molar-refractivity contribution is -0.122. The molecule has 0 saturated heterocycles. The second-order valence-corrected chi connectivity index (χ2v) is 5.84. The molecule has 1 unspecified atom stereocenters. The summed E-state index contributed by atoms with van der Waals surface area (Å²) in [5, 5.41) is 15.8. The minimum absolute atomic E-state index is 0.239. The first-order valence-electron chi connectivity index (χ1n) is 7.23. The van der Waals surface area contributed by atoms with Gasteiger partial charge in [0.25, 0.3) is 5.91 Å². The molecule has 2 amide bonds. The molecule has 0 aliphatic rings. The van der Waals surface area contributed by atoms with Crippen molar-refractivity contribution >= 4 is 23.2 Å². The maximum Gasteiger partial charge on any atom is 0.262 e. The van der Waals surface area contributed by atoms with Gasteiger partial charge < -0.3 is 10.6 Å². The fraction of sp³-hybridized carbons (Fsp3) is 0.235. The SMILES string of the molecule is N#CCCNC(=O)C(Cc1ccccc1)NC(=O)c1cccs1. The lowest BCUT2D eigenvalue weighted by atomic mass is 10.1. The average molecular weight is 327 g/mol. The predicted octanol–water partition coefficient (Wildman–Crippen LogP) is 2.12. The smallest absolute Gasteiger partial charge is 0.262 e. The van der Waals surface area contributed by atoms with Gasteiger partial charge in [-0.15, -0.1) is 11.3 Å². The summed E-state index contributed by atoms with van der Waals surface area (Å²) in [5.41, 5.74) is 0.958. The molecule has 2 rings (SSSR count). The summed E-state index contributed by atoms with van der Waals surface area (Å²) in [4.78, 5) is 25.1. The van der Waals surface area contributed by atoms with Crippen molar-refractivity contribution in [2.45, 2.75) is 18.9 Å². The van der Waals surface area contributed by atoms with Gasteiger partial charge in [0, 0.05) is 13.0 Å². The molecule has 23 heavy (non-hydrogen) atoms. The second kappa shape index (κ2) is 8.71. The van der Waals surface area contributed by atoms with Gasteiger partial charge in [0.05, 0.1) is 17.4 Å². The molecule has 0 aliphatic heterocycles. The van der Waals surface area contributed by atoms with Crippen LogP contribution in [0.4, 0.5) is 0 Å². The quantitative estimate of drug-likeness (QED) is 0.764. The van der Waals surface area contributed by atoms with Crippen LogP contribution in [0.3, 0.4) is 0 Å². The number of hydrogen-bond acceptors (Lipinski definition) is 4. The zero-order valence-electron chi connectivity index (χ0n) is 12.5. The van der Waals surface area contributed by atoms with E-state index in [1.807, 2.05) is 41.8 Å². The van der Waals surface area contributed by atoms with Crippen molar-refractivity contribution < 1.29 is 9.59 Å².